The van der Waals surface area contributed by atoms with Crippen LogP contribution in [0, 0.1) is 12.8 Å². The summed E-state index contributed by atoms with van der Waals surface area (Å²) in [6.45, 7) is 11.7. The molecule has 1 heterocycles. The number of nitrogens with one attached hydrogen (secondary N) is 2. The molecular weight excluding hydrogens is 380 g/mol. The SMILES string of the molecule is CC[NH+](CC)CCC[C@@H](C)N(CC(=O)Nc1cc(C)on1)C(=O)CCC1CCCC1. The van der Waals surface area contributed by atoms with Crippen molar-refractivity contribution in [3.63, 3.8) is 0 Å². The van der Waals surface area contributed by atoms with Crippen LogP contribution in [-0.2, 0) is 9.59 Å². The number of rotatable bonds is 13. The lowest BCUT2D eigenvalue weighted by Gasteiger charge is -2.29. The van der Waals surface area contributed by atoms with Gasteiger partial charge in [0.15, 0.2) is 5.82 Å². The fourth-order valence-electron chi connectivity index (χ4n) is 4.43. The first-order valence-electron chi connectivity index (χ1n) is 11.8. The maximum absolute atomic E-state index is 13.0. The maximum atomic E-state index is 13.0. The van der Waals surface area contributed by atoms with E-state index in [1.54, 1.807) is 22.8 Å². The molecule has 2 amide bonds. The standard InChI is InChI=1S/C23H40N4O3/c1-5-26(6-2)15-9-10-18(3)27(23(29)14-13-20-11-7-8-12-20)17-22(28)24-21-16-19(4)30-25-21/h16,18,20H,5-15,17H2,1-4H3,(H,24,25,28)/p+1/t18-/m1/s1. The molecule has 2 rings (SSSR count). The van der Waals surface area contributed by atoms with Crippen LogP contribution in [0.5, 0.6) is 0 Å². The molecule has 0 unspecified atom stereocenters. The summed E-state index contributed by atoms with van der Waals surface area (Å²) in [5.74, 6) is 1.58. The smallest absolute Gasteiger partial charge is 0.245 e. The van der Waals surface area contributed by atoms with Crippen LogP contribution in [0.25, 0.3) is 0 Å². The Morgan fingerprint density at radius 3 is 2.60 bits per heavy atom. The first-order chi connectivity index (χ1) is 14.4. The number of carbonyl (C=O) groups excluding carboxylic acids is 2. The van der Waals surface area contributed by atoms with E-state index in [4.69, 9.17) is 4.52 Å². The van der Waals surface area contributed by atoms with Crippen LogP contribution in [-0.4, -0.2) is 54.1 Å². The summed E-state index contributed by atoms with van der Waals surface area (Å²) in [6.07, 6.45) is 8.48. The van der Waals surface area contributed by atoms with Crippen molar-refractivity contribution in [2.75, 3.05) is 31.5 Å². The van der Waals surface area contributed by atoms with Gasteiger partial charge in [0, 0.05) is 18.5 Å². The van der Waals surface area contributed by atoms with E-state index < -0.39 is 0 Å². The van der Waals surface area contributed by atoms with Gasteiger partial charge in [0.05, 0.1) is 19.6 Å². The quantitative estimate of drug-likeness (QED) is 0.513. The van der Waals surface area contributed by atoms with Crippen molar-refractivity contribution in [1.82, 2.24) is 10.1 Å². The van der Waals surface area contributed by atoms with E-state index in [1.165, 1.54) is 25.7 Å². The van der Waals surface area contributed by atoms with Gasteiger partial charge in [-0.2, -0.15) is 0 Å². The molecule has 0 spiro atoms. The van der Waals surface area contributed by atoms with Gasteiger partial charge in [-0.25, -0.2) is 0 Å². The van der Waals surface area contributed by atoms with Crippen molar-refractivity contribution < 1.29 is 19.0 Å². The highest BCUT2D eigenvalue weighted by Crippen LogP contribution is 2.29. The van der Waals surface area contributed by atoms with Gasteiger partial charge in [-0.15, -0.1) is 0 Å². The van der Waals surface area contributed by atoms with Gasteiger partial charge in [-0.1, -0.05) is 30.8 Å². The number of hydrogen-bond acceptors (Lipinski definition) is 4. The molecule has 1 fully saturated rings. The number of aromatic nitrogens is 1. The third kappa shape index (κ3) is 8.09. The zero-order valence-corrected chi connectivity index (χ0v) is 19.3. The lowest BCUT2D eigenvalue weighted by atomic mass is 10.0. The molecule has 170 valence electrons. The molecule has 0 aromatic carbocycles. The van der Waals surface area contributed by atoms with E-state index in [1.807, 2.05) is 0 Å². The highest BCUT2D eigenvalue weighted by atomic mass is 16.5. The Hall–Kier alpha value is -1.89. The van der Waals surface area contributed by atoms with E-state index in [0.717, 1.165) is 38.9 Å². The monoisotopic (exact) mass is 421 g/mol. The van der Waals surface area contributed by atoms with Crippen LogP contribution in [0.2, 0.25) is 0 Å². The van der Waals surface area contributed by atoms with Gasteiger partial charge >= 0.3 is 0 Å². The Balaban J connectivity index is 1.92. The van der Waals surface area contributed by atoms with Crippen molar-refractivity contribution in [3.8, 4) is 0 Å². The van der Waals surface area contributed by atoms with Crippen molar-refractivity contribution in [2.24, 2.45) is 5.92 Å². The Kier molecular flexibility index (Phi) is 10.3. The molecule has 1 atom stereocenters. The molecule has 1 aromatic heterocycles. The van der Waals surface area contributed by atoms with Gasteiger partial charge in [0.2, 0.25) is 11.8 Å². The normalized spacial score (nSPS) is 15.5. The number of anilines is 1. The van der Waals surface area contributed by atoms with Gasteiger partial charge in [-0.05, 0) is 52.9 Å². The number of quaternary nitrogens is 1. The molecule has 1 aliphatic rings. The summed E-state index contributed by atoms with van der Waals surface area (Å²) >= 11 is 0. The molecule has 2 N–H and O–H groups in total. The average molecular weight is 422 g/mol. The van der Waals surface area contributed by atoms with Crippen LogP contribution in [0.4, 0.5) is 5.82 Å². The summed E-state index contributed by atoms with van der Waals surface area (Å²) in [5.41, 5.74) is 0. The second-order valence-corrected chi connectivity index (χ2v) is 8.78. The third-order valence-corrected chi connectivity index (χ3v) is 6.46. The predicted octanol–water partition coefficient (Wildman–Crippen LogP) is 2.81. The topological polar surface area (TPSA) is 79.9 Å². The van der Waals surface area contributed by atoms with Crippen molar-refractivity contribution in [1.29, 1.82) is 0 Å². The summed E-state index contributed by atoms with van der Waals surface area (Å²) in [6, 6.07) is 1.72. The number of aryl methyl sites for hydroxylation is 1. The molecule has 0 radical (unpaired) electrons. The molecule has 30 heavy (non-hydrogen) atoms. The third-order valence-electron chi connectivity index (χ3n) is 6.46. The Morgan fingerprint density at radius 2 is 2.00 bits per heavy atom. The number of amides is 2. The zero-order chi connectivity index (χ0) is 21.9. The molecule has 0 bridgehead atoms. The number of hydrogen-bond donors (Lipinski definition) is 2. The second kappa shape index (κ2) is 12.7. The van der Waals surface area contributed by atoms with E-state index in [-0.39, 0.29) is 24.4 Å². The van der Waals surface area contributed by atoms with Gasteiger partial charge in [0.25, 0.3) is 0 Å². The van der Waals surface area contributed by atoms with E-state index in [0.29, 0.717) is 23.9 Å². The maximum Gasteiger partial charge on any atom is 0.245 e. The number of carbonyl (C=O) groups is 2. The lowest BCUT2D eigenvalue weighted by Crippen LogP contribution is -3.11. The summed E-state index contributed by atoms with van der Waals surface area (Å²) in [4.78, 5) is 29.0. The van der Waals surface area contributed by atoms with Crippen LogP contribution >= 0.6 is 0 Å². The van der Waals surface area contributed by atoms with Crippen LogP contribution in [0.3, 0.4) is 0 Å². The fourth-order valence-corrected chi connectivity index (χ4v) is 4.43. The van der Waals surface area contributed by atoms with Crippen molar-refractivity contribution >= 4 is 17.6 Å². The average Bonchev–Trinajstić information content (AvgIpc) is 3.39. The summed E-state index contributed by atoms with van der Waals surface area (Å²) in [7, 11) is 0. The number of nitrogens with zero attached hydrogens (tertiary/aromatic N) is 2. The summed E-state index contributed by atoms with van der Waals surface area (Å²) < 4.78 is 5.01. The predicted molar refractivity (Wildman–Crippen MR) is 118 cm³/mol. The fraction of sp³-hybridized carbons (Fsp3) is 0.783. The van der Waals surface area contributed by atoms with Crippen molar-refractivity contribution in [2.45, 2.75) is 85.1 Å². The van der Waals surface area contributed by atoms with Crippen molar-refractivity contribution in [3.05, 3.63) is 11.8 Å². The van der Waals surface area contributed by atoms with Crippen LogP contribution < -0.4 is 10.2 Å². The minimum atomic E-state index is -0.223. The molecule has 7 heteroatoms. The zero-order valence-electron chi connectivity index (χ0n) is 19.3. The molecule has 7 nitrogen and oxygen atoms in total. The molecule has 1 aliphatic carbocycles. The minimum Gasteiger partial charge on any atom is -0.360 e. The molecule has 0 saturated heterocycles. The lowest BCUT2D eigenvalue weighted by molar-refractivity contribution is -0.896. The second-order valence-electron chi connectivity index (χ2n) is 8.78. The van der Waals surface area contributed by atoms with Gasteiger partial charge < -0.3 is 19.6 Å². The van der Waals surface area contributed by atoms with Crippen LogP contribution in [0.15, 0.2) is 10.6 Å². The first kappa shape index (κ1) is 24.4. The highest BCUT2D eigenvalue weighted by molar-refractivity contribution is 5.93. The molecule has 1 saturated carbocycles. The highest BCUT2D eigenvalue weighted by Gasteiger charge is 2.25. The van der Waals surface area contributed by atoms with E-state index in [9.17, 15) is 9.59 Å². The Morgan fingerprint density at radius 1 is 1.30 bits per heavy atom. The molecule has 1 aromatic rings. The summed E-state index contributed by atoms with van der Waals surface area (Å²) in [5, 5.41) is 6.57. The Labute approximate surface area is 181 Å². The Bertz CT molecular complexity index is 651. The first-order valence-corrected chi connectivity index (χ1v) is 11.8. The van der Waals surface area contributed by atoms with Crippen LogP contribution in [0.1, 0.15) is 77.9 Å². The van der Waals surface area contributed by atoms with E-state index >= 15 is 0 Å². The minimum absolute atomic E-state index is 0.0424. The van der Waals surface area contributed by atoms with E-state index in [2.05, 4.69) is 31.2 Å². The van der Waals surface area contributed by atoms with Gasteiger partial charge in [0.1, 0.15) is 12.3 Å². The van der Waals surface area contributed by atoms with Gasteiger partial charge in [-0.3, -0.25) is 9.59 Å². The molecule has 0 aliphatic heterocycles. The largest absolute Gasteiger partial charge is 0.360 e. The molecular formula is C23H41N4O3+.